The van der Waals surface area contributed by atoms with Crippen molar-refractivity contribution >= 4 is 44.0 Å². The maximum atomic E-state index is 5.15. The normalized spacial score (nSPS) is 13.4. The third kappa shape index (κ3) is 3.37. The van der Waals surface area contributed by atoms with E-state index in [4.69, 9.17) is 9.97 Å². The number of fused-ring (bicyclic) bond motifs is 6. The minimum atomic E-state index is -2.58. The van der Waals surface area contributed by atoms with Crippen molar-refractivity contribution in [3.8, 4) is 39.5 Å². The molecule has 40 heavy (non-hydrogen) atoms. The average molecular weight is 574 g/mol. The zero-order valence-electron chi connectivity index (χ0n) is 22.5. The fourth-order valence-corrected chi connectivity index (χ4v) is 13.6. The van der Waals surface area contributed by atoms with Crippen LogP contribution in [-0.2, 0) is 0 Å². The topological polar surface area (TPSA) is 30.7 Å². The van der Waals surface area contributed by atoms with E-state index >= 15 is 0 Å². The molecule has 3 nitrogen and oxygen atoms in total. The molecule has 0 spiro atoms. The van der Waals surface area contributed by atoms with Crippen LogP contribution in [0.5, 0.6) is 0 Å². The molecule has 8 rings (SSSR count). The standard InChI is InChI=1S/C36H27GeN3/c1-37(2)30-20-9-6-17-27(30)33-29-19-8-11-22-32(29)40(35(33)37)26-16-12-15-25(23-26)36-38-31-21-10-7-18-28(31)34(39-36)24-13-4-3-5-14-24/h3-23H,1-2H3. The molecule has 190 valence electrons. The number of benzene rings is 5. The van der Waals surface area contributed by atoms with Crippen LogP contribution in [0.15, 0.2) is 127 Å². The van der Waals surface area contributed by atoms with Crippen LogP contribution < -0.4 is 8.92 Å². The van der Waals surface area contributed by atoms with Crippen LogP contribution in [0.1, 0.15) is 0 Å². The van der Waals surface area contributed by atoms with Gasteiger partial charge in [-0.2, -0.15) is 0 Å². The van der Waals surface area contributed by atoms with E-state index in [9.17, 15) is 0 Å². The van der Waals surface area contributed by atoms with Crippen LogP contribution in [0.3, 0.4) is 0 Å². The van der Waals surface area contributed by atoms with Crippen LogP contribution >= 0.6 is 0 Å². The van der Waals surface area contributed by atoms with Crippen molar-refractivity contribution in [3.05, 3.63) is 127 Å². The van der Waals surface area contributed by atoms with Gasteiger partial charge in [-0.1, -0.05) is 0 Å². The van der Waals surface area contributed by atoms with Gasteiger partial charge in [0.05, 0.1) is 0 Å². The summed E-state index contributed by atoms with van der Waals surface area (Å²) in [5.41, 5.74) is 9.31. The zero-order valence-corrected chi connectivity index (χ0v) is 24.6. The second kappa shape index (κ2) is 8.77. The van der Waals surface area contributed by atoms with Gasteiger partial charge in [0.25, 0.3) is 0 Å². The molecule has 3 heterocycles. The molecule has 0 radical (unpaired) electrons. The summed E-state index contributed by atoms with van der Waals surface area (Å²) in [6, 6.07) is 45.4. The molecule has 0 unspecified atom stereocenters. The Bertz CT molecular complexity index is 2090. The first-order valence-corrected chi connectivity index (χ1v) is 20.1. The first kappa shape index (κ1) is 23.4. The fourth-order valence-electron chi connectivity index (χ4n) is 6.55. The van der Waals surface area contributed by atoms with Crippen LogP contribution in [0.2, 0.25) is 11.5 Å². The Labute approximate surface area is 236 Å². The van der Waals surface area contributed by atoms with Crippen molar-refractivity contribution in [2.75, 3.05) is 0 Å². The van der Waals surface area contributed by atoms with E-state index in [1.54, 1.807) is 4.40 Å². The third-order valence-corrected chi connectivity index (χ3v) is 15.6. The first-order valence-electron chi connectivity index (χ1n) is 13.8. The van der Waals surface area contributed by atoms with E-state index in [1.807, 2.05) is 12.1 Å². The van der Waals surface area contributed by atoms with Crippen LogP contribution in [0.25, 0.3) is 61.3 Å². The van der Waals surface area contributed by atoms with E-state index in [0.29, 0.717) is 0 Å². The second-order valence-electron chi connectivity index (χ2n) is 11.1. The molecule has 0 bridgehead atoms. The molecular weight excluding hydrogens is 547 g/mol. The van der Waals surface area contributed by atoms with Crippen molar-refractivity contribution < 1.29 is 0 Å². The molecule has 0 N–H and O–H groups in total. The Balaban J connectivity index is 1.37. The predicted molar refractivity (Wildman–Crippen MR) is 169 cm³/mol. The monoisotopic (exact) mass is 575 g/mol. The number of para-hydroxylation sites is 2. The molecule has 0 fully saturated rings. The summed E-state index contributed by atoms with van der Waals surface area (Å²) < 4.78 is 5.62. The summed E-state index contributed by atoms with van der Waals surface area (Å²) in [4.78, 5) is 10.2. The third-order valence-electron chi connectivity index (χ3n) is 8.35. The van der Waals surface area contributed by atoms with E-state index in [1.165, 1.54) is 32.2 Å². The van der Waals surface area contributed by atoms with Gasteiger partial charge in [0.2, 0.25) is 0 Å². The summed E-state index contributed by atoms with van der Waals surface area (Å²) in [6.07, 6.45) is 0. The van der Waals surface area contributed by atoms with Gasteiger partial charge in [0.1, 0.15) is 0 Å². The van der Waals surface area contributed by atoms with Crippen LogP contribution in [0, 0.1) is 0 Å². The molecule has 1 aliphatic heterocycles. The molecular formula is C36H27GeN3. The van der Waals surface area contributed by atoms with Crippen molar-refractivity contribution in [2.24, 2.45) is 0 Å². The molecule has 0 aliphatic carbocycles. The Morgan fingerprint density at radius 2 is 1.30 bits per heavy atom. The molecule has 7 aromatic rings. The maximum absolute atomic E-state index is 5.15. The molecule has 0 saturated carbocycles. The Morgan fingerprint density at radius 1 is 0.600 bits per heavy atom. The van der Waals surface area contributed by atoms with E-state index in [2.05, 4.69) is 131 Å². The van der Waals surface area contributed by atoms with Crippen molar-refractivity contribution in [2.45, 2.75) is 11.5 Å². The molecule has 1 aliphatic rings. The van der Waals surface area contributed by atoms with Crippen molar-refractivity contribution in [1.29, 1.82) is 0 Å². The molecule has 4 heteroatoms. The second-order valence-corrected chi connectivity index (χ2v) is 20.0. The molecule has 0 saturated heterocycles. The van der Waals surface area contributed by atoms with Crippen molar-refractivity contribution in [1.82, 2.24) is 14.5 Å². The number of aromatic nitrogens is 3. The average Bonchev–Trinajstić information content (AvgIpc) is 3.48. The first-order chi connectivity index (χ1) is 19.6. The molecule has 5 aromatic carbocycles. The van der Waals surface area contributed by atoms with Gasteiger partial charge >= 0.3 is 237 Å². The van der Waals surface area contributed by atoms with Gasteiger partial charge < -0.3 is 0 Å². The fraction of sp³-hybridized carbons (Fsp3) is 0.0556. The Kier molecular flexibility index (Phi) is 5.13. The van der Waals surface area contributed by atoms with Gasteiger partial charge in [-0.3, -0.25) is 0 Å². The molecule has 0 amide bonds. The summed E-state index contributed by atoms with van der Waals surface area (Å²) in [7, 11) is 0. The Hall–Kier alpha value is -4.48. The summed E-state index contributed by atoms with van der Waals surface area (Å²) >= 11 is -2.58. The number of rotatable bonds is 3. The predicted octanol–water partition coefficient (Wildman–Crippen LogP) is 7.71. The van der Waals surface area contributed by atoms with Gasteiger partial charge in [-0.15, -0.1) is 0 Å². The zero-order chi connectivity index (χ0) is 26.8. The van der Waals surface area contributed by atoms with Gasteiger partial charge in [0.15, 0.2) is 0 Å². The minimum absolute atomic E-state index is 0.747. The van der Waals surface area contributed by atoms with Gasteiger partial charge in [-0.05, 0) is 0 Å². The summed E-state index contributed by atoms with van der Waals surface area (Å²) in [6.45, 7) is 0. The van der Waals surface area contributed by atoms with Crippen LogP contribution in [0.4, 0.5) is 0 Å². The van der Waals surface area contributed by atoms with Crippen LogP contribution in [-0.4, -0.2) is 27.8 Å². The van der Waals surface area contributed by atoms with Gasteiger partial charge in [-0.25, -0.2) is 0 Å². The molecule has 2 aromatic heterocycles. The quantitative estimate of drug-likeness (QED) is 0.203. The molecule has 0 atom stereocenters. The van der Waals surface area contributed by atoms with E-state index < -0.39 is 13.3 Å². The Morgan fingerprint density at radius 3 is 2.17 bits per heavy atom. The summed E-state index contributed by atoms with van der Waals surface area (Å²) in [5, 5.41) is 2.40. The number of hydrogen-bond donors (Lipinski definition) is 0. The summed E-state index contributed by atoms with van der Waals surface area (Å²) in [5.74, 6) is 5.81. The van der Waals surface area contributed by atoms with E-state index in [0.717, 1.165) is 33.5 Å². The number of nitrogens with zero attached hydrogens (tertiary/aromatic N) is 3. The van der Waals surface area contributed by atoms with Crippen molar-refractivity contribution in [3.63, 3.8) is 0 Å². The van der Waals surface area contributed by atoms with Gasteiger partial charge in [0, 0.05) is 0 Å². The van der Waals surface area contributed by atoms with E-state index in [-0.39, 0.29) is 0 Å². The SMILES string of the molecule is [CH3][Ge]1([CH3])[c]2ccccc2-c2[c]1n(-c1cccc(-c3nc(-c4ccccc4)c4ccccc4n3)c1)c1ccccc21. The number of hydrogen-bond acceptors (Lipinski definition) is 2.